The van der Waals surface area contributed by atoms with Gasteiger partial charge in [0.05, 0.1) is 0 Å². The number of allylic oxidation sites excluding steroid dienone is 4. The maximum Gasteiger partial charge on any atom is 4.00 e. The molecule has 3 heteroatoms. The first kappa shape index (κ1) is 28.0. The van der Waals surface area contributed by atoms with Crippen molar-refractivity contribution in [2.75, 3.05) is 0 Å². The molecule has 0 aromatic heterocycles. The normalized spacial score (nSPS) is 14.1. The van der Waals surface area contributed by atoms with Crippen LogP contribution >= 0.6 is 0 Å². The van der Waals surface area contributed by atoms with Crippen molar-refractivity contribution >= 4 is 10.8 Å². The Kier molecular flexibility index (Phi) is 11.0. The van der Waals surface area contributed by atoms with Crippen LogP contribution in [0.4, 0.5) is 0 Å². The standard InChI is InChI=1S/C16H13.C10H15.2ClH.Zr/c1-12-10-14-8-5-9-15(16(14)11-12)13-6-3-2-4-7-13;1-7-6-10(4,5)9(3)8(7)2;;;/h2-11H,1H3;1-5H3;2*1H;/q2*-1;;;+4/p-2. The van der Waals surface area contributed by atoms with Crippen molar-refractivity contribution in [2.45, 2.75) is 41.5 Å². The number of benzene rings is 2. The third-order valence-corrected chi connectivity index (χ3v) is 5.54. The van der Waals surface area contributed by atoms with Gasteiger partial charge in [0.1, 0.15) is 0 Å². The monoisotopic (exact) mass is 500 g/mol. The molecular weight excluding hydrogens is 474 g/mol. The van der Waals surface area contributed by atoms with Crippen LogP contribution in [0.5, 0.6) is 0 Å². The van der Waals surface area contributed by atoms with Gasteiger partial charge in [0, 0.05) is 0 Å². The Bertz CT molecular complexity index is 992. The minimum absolute atomic E-state index is 0. The molecule has 4 rings (SSSR count). The maximum atomic E-state index is 3.44. The van der Waals surface area contributed by atoms with Crippen molar-refractivity contribution in [2.24, 2.45) is 5.41 Å². The van der Waals surface area contributed by atoms with Gasteiger partial charge in [-0.2, -0.15) is 17.2 Å². The predicted octanol–water partition coefficient (Wildman–Crippen LogP) is 1.65. The van der Waals surface area contributed by atoms with Gasteiger partial charge in [-0.1, -0.05) is 82.0 Å². The van der Waals surface area contributed by atoms with Gasteiger partial charge >= 0.3 is 26.2 Å². The minimum atomic E-state index is 0. The summed E-state index contributed by atoms with van der Waals surface area (Å²) in [5.74, 6) is 0. The van der Waals surface area contributed by atoms with E-state index in [-0.39, 0.29) is 56.4 Å². The maximum absolute atomic E-state index is 3.44. The molecule has 0 unspecified atom stereocenters. The molecule has 0 N–H and O–H groups in total. The third kappa shape index (κ3) is 6.24. The molecule has 0 atom stereocenters. The van der Waals surface area contributed by atoms with E-state index in [4.69, 9.17) is 0 Å². The zero-order valence-electron chi connectivity index (χ0n) is 18.0. The molecule has 0 radical (unpaired) electrons. The molecule has 0 bridgehead atoms. The van der Waals surface area contributed by atoms with Crippen molar-refractivity contribution in [3.63, 3.8) is 0 Å². The Morgan fingerprint density at radius 3 is 1.93 bits per heavy atom. The van der Waals surface area contributed by atoms with Crippen LogP contribution in [0.25, 0.3) is 21.9 Å². The van der Waals surface area contributed by atoms with E-state index >= 15 is 0 Å². The van der Waals surface area contributed by atoms with Gasteiger partial charge in [-0.15, -0.1) is 41.5 Å². The molecule has 0 nitrogen and oxygen atoms in total. The molecule has 0 fully saturated rings. The van der Waals surface area contributed by atoms with Gasteiger partial charge < -0.3 is 24.8 Å². The average Bonchev–Trinajstić information content (AvgIpc) is 3.08. The molecule has 0 amide bonds. The molecule has 1 aliphatic carbocycles. The molecule has 0 saturated heterocycles. The zero-order valence-corrected chi connectivity index (χ0v) is 22.0. The molecule has 150 valence electrons. The molecule has 3 aromatic rings. The fraction of sp³-hybridized carbons (Fsp3) is 0.269. The Labute approximate surface area is 207 Å². The molecule has 0 saturated carbocycles. The topological polar surface area (TPSA) is 0 Å². The second-order valence-corrected chi connectivity index (χ2v) is 7.83. The van der Waals surface area contributed by atoms with E-state index in [2.05, 4.69) is 108 Å². The van der Waals surface area contributed by atoms with Crippen molar-refractivity contribution in [3.8, 4) is 11.1 Å². The van der Waals surface area contributed by atoms with Crippen LogP contribution < -0.4 is 24.8 Å². The van der Waals surface area contributed by atoms with Gasteiger partial charge in [0.2, 0.25) is 0 Å². The van der Waals surface area contributed by atoms with Crippen LogP contribution in [0.15, 0.2) is 77.4 Å². The van der Waals surface area contributed by atoms with E-state index in [9.17, 15) is 0 Å². The van der Waals surface area contributed by atoms with Gasteiger partial charge in [-0.25, -0.2) is 5.57 Å². The van der Waals surface area contributed by atoms with E-state index < -0.39 is 0 Å². The summed E-state index contributed by atoms with van der Waals surface area (Å²) in [5.41, 5.74) is 8.34. The summed E-state index contributed by atoms with van der Waals surface area (Å²) in [6.45, 7) is 13.1. The van der Waals surface area contributed by atoms with Gasteiger partial charge in [-0.3, -0.25) is 6.08 Å². The zero-order chi connectivity index (χ0) is 18.9. The number of aryl methyl sites for hydroxylation is 1. The van der Waals surface area contributed by atoms with Crippen LogP contribution in [-0.4, -0.2) is 0 Å². The van der Waals surface area contributed by atoms with Gasteiger partial charge in [-0.05, 0) is 5.56 Å². The summed E-state index contributed by atoms with van der Waals surface area (Å²) in [5, 5.41) is 2.69. The summed E-state index contributed by atoms with van der Waals surface area (Å²) in [6.07, 6.45) is 3.44. The Morgan fingerprint density at radius 2 is 1.45 bits per heavy atom. The van der Waals surface area contributed by atoms with E-state index in [1.54, 1.807) is 0 Å². The largest absolute Gasteiger partial charge is 4.00 e. The first-order valence-corrected chi connectivity index (χ1v) is 9.31. The SMILES string of the molecule is CC1=[C-]C(C)(C)C(C)=C1C.Cc1cc2c(-c3ccccc3)cccc2[cH-]1.[Cl-].[Cl-].[Zr+4]. The summed E-state index contributed by atoms with van der Waals surface area (Å²) in [4.78, 5) is 0. The molecule has 1 aliphatic rings. The molecule has 0 heterocycles. The van der Waals surface area contributed by atoms with Gasteiger partial charge in [0.25, 0.3) is 0 Å². The average molecular weight is 503 g/mol. The number of hydrogen-bond donors (Lipinski definition) is 0. The summed E-state index contributed by atoms with van der Waals surface area (Å²) >= 11 is 0. The number of halogens is 2. The third-order valence-electron chi connectivity index (χ3n) is 5.54. The molecule has 0 aliphatic heterocycles. The summed E-state index contributed by atoms with van der Waals surface area (Å²) in [7, 11) is 0. The minimum Gasteiger partial charge on any atom is -1.00 e. The number of rotatable bonds is 1. The number of hydrogen-bond acceptors (Lipinski definition) is 0. The summed E-state index contributed by atoms with van der Waals surface area (Å²) < 4.78 is 0. The van der Waals surface area contributed by atoms with E-state index in [0.29, 0.717) is 0 Å². The van der Waals surface area contributed by atoms with Crippen molar-refractivity contribution in [1.82, 2.24) is 0 Å². The van der Waals surface area contributed by atoms with Gasteiger partial charge in [0.15, 0.2) is 0 Å². The van der Waals surface area contributed by atoms with Crippen molar-refractivity contribution in [1.29, 1.82) is 0 Å². The fourth-order valence-electron chi connectivity index (χ4n) is 3.66. The van der Waals surface area contributed by atoms with Crippen LogP contribution in [0, 0.1) is 18.4 Å². The van der Waals surface area contributed by atoms with E-state index in [0.717, 1.165) is 0 Å². The Morgan fingerprint density at radius 1 is 0.828 bits per heavy atom. The molecule has 0 spiro atoms. The molecular formula is C26H28Cl2Zr. The van der Waals surface area contributed by atoms with Crippen molar-refractivity contribution in [3.05, 3.63) is 89.0 Å². The first-order chi connectivity index (χ1) is 12.3. The predicted molar refractivity (Wildman–Crippen MR) is 114 cm³/mol. The first-order valence-electron chi connectivity index (χ1n) is 9.31. The van der Waals surface area contributed by atoms with Crippen LogP contribution in [0.2, 0.25) is 0 Å². The second-order valence-electron chi connectivity index (χ2n) is 7.83. The second kappa shape index (κ2) is 11.4. The number of fused-ring (bicyclic) bond motifs is 1. The Balaban J connectivity index is 0.000000535. The Hall–Kier alpha value is -1.01. The fourth-order valence-corrected chi connectivity index (χ4v) is 3.66. The summed E-state index contributed by atoms with van der Waals surface area (Å²) in [6, 6.07) is 21.6. The van der Waals surface area contributed by atoms with E-state index in [1.807, 2.05) is 0 Å². The smallest absolute Gasteiger partial charge is 1.00 e. The van der Waals surface area contributed by atoms with Crippen LogP contribution in [-0.2, 0) is 26.2 Å². The molecule has 29 heavy (non-hydrogen) atoms. The quantitative estimate of drug-likeness (QED) is 0.444. The van der Waals surface area contributed by atoms with Crippen LogP contribution in [0.3, 0.4) is 0 Å². The molecule has 3 aromatic carbocycles. The van der Waals surface area contributed by atoms with Crippen LogP contribution in [0.1, 0.15) is 40.2 Å². The van der Waals surface area contributed by atoms with Crippen molar-refractivity contribution < 1.29 is 51.0 Å². The van der Waals surface area contributed by atoms with E-state index in [1.165, 1.54) is 44.2 Å².